The van der Waals surface area contributed by atoms with Crippen molar-refractivity contribution in [3.63, 3.8) is 0 Å². The molecule has 0 aromatic heterocycles. The number of nitrogens with zero attached hydrogens (tertiary/aromatic N) is 1. The molecule has 112 valence electrons. The average Bonchev–Trinajstić information content (AvgIpc) is 2.38. The molecule has 1 aliphatic rings. The minimum atomic E-state index is -3.09. The van der Waals surface area contributed by atoms with Crippen LogP contribution in [0.25, 0.3) is 0 Å². The van der Waals surface area contributed by atoms with Crippen molar-refractivity contribution in [2.45, 2.75) is 25.3 Å². The van der Waals surface area contributed by atoms with Crippen molar-refractivity contribution in [1.29, 1.82) is 0 Å². The fourth-order valence-corrected chi connectivity index (χ4v) is 3.89. The number of piperidine rings is 1. The molecule has 2 rings (SSSR count). The van der Waals surface area contributed by atoms with Gasteiger partial charge in [-0.15, -0.1) is 0 Å². The highest BCUT2D eigenvalue weighted by atomic mass is 35.5. The topological polar surface area (TPSA) is 63.4 Å². The molecule has 1 aromatic rings. The van der Waals surface area contributed by atoms with Crippen LogP contribution < -0.4 is 5.73 Å². The molecular weight excluding hydrogens is 296 g/mol. The van der Waals surface area contributed by atoms with Gasteiger partial charge in [-0.2, -0.15) is 0 Å². The first kappa shape index (κ1) is 15.8. The summed E-state index contributed by atoms with van der Waals surface area (Å²) >= 11 is 5.97. The van der Waals surface area contributed by atoms with E-state index in [1.807, 2.05) is 24.3 Å². The maximum Gasteiger partial charge on any atom is 0.211 e. The molecule has 1 fully saturated rings. The van der Waals surface area contributed by atoms with Gasteiger partial charge in [0.25, 0.3) is 0 Å². The first-order chi connectivity index (χ1) is 9.36. The monoisotopic (exact) mass is 316 g/mol. The molecule has 0 spiro atoms. The van der Waals surface area contributed by atoms with Crippen LogP contribution in [0.15, 0.2) is 24.3 Å². The zero-order chi connectivity index (χ0) is 14.8. The third-order valence-electron chi connectivity index (χ3n) is 3.81. The van der Waals surface area contributed by atoms with E-state index in [2.05, 4.69) is 0 Å². The zero-order valence-corrected chi connectivity index (χ0v) is 13.2. The van der Waals surface area contributed by atoms with E-state index < -0.39 is 10.0 Å². The first-order valence-corrected chi connectivity index (χ1v) is 9.05. The Balaban J connectivity index is 1.99. The van der Waals surface area contributed by atoms with Gasteiger partial charge in [0, 0.05) is 24.2 Å². The van der Waals surface area contributed by atoms with Crippen molar-refractivity contribution >= 4 is 21.6 Å². The minimum absolute atomic E-state index is 0.0989. The third-order valence-corrected chi connectivity index (χ3v) is 5.32. The zero-order valence-electron chi connectivity index (χ0n) is 11.6. The van der Waals surface area contributed by atoms with E-state index in [9.17, 15) is 8.42 Å². The smallest absolute Gasteiger partial charge is 0.211 e. The summed E-state index contributed by atoms with van der Waals surface area (Å²) in [7, 11) is -3.09. The van der Waals surface area contributed by atoms with E-state index in [1.165, 1.54) is 6.26 Å². The van der Waals surface area contributed by atoms with Crippen LogP contribution in [0, 0.1) is 5.92 Å². The Bertz CT molecular complexity index is 562. The van der Waals surface area contributed by atoms with Gasteiger partial charge >= 0.3 is 0 Å². The lowest BCUT2D eigenvalue weighted by Crippen LogP contribution is -2.40. The van der Waals surface area contributed by atoms with E-state index in [0.717, 1.165) is 24.8 Å². The van der Waals surface area contributed by atoms with Crippen molar-refractivity contribution in [3.05, 3.63) is 34.9 Å². The maximum absolute atomic E-state index is 11.6. The highest BCUT2D eigenvalue weighted by Crippen LogP contribution is 2.28. The highest BCUT2D eigenvalue weighted by molar-refractivity contribution is 7.88. The number of rotatable bonds is 4. The quantitative estimate of drug-likeness (QED) is 0.927. The summed E-state index contributed by atoms with van der Waals surface area (Å²) in [6.45, 7) is 1.20. The van der Waals surface area contributed by atoms with Crippen molar-refractivity contribution < 1.29 is 8.42 Å². The predicted molar refractivity (Wildman–Crippen MR) is 82.1 cm³/mol. The van der Waals surface area contributed by atoms with Gasteiger partial charge in [-0.05, 0) is 42.9 Å². The molecule has 1 saturated heterocycles. The minimum Gasteiger partial charge on any atom is -0.324 e. The molecule has 1 aliphatic heterocycles. The van der Waals surface area contributed by atoms with Crippen LogP contribution in [0.5, 0.6) is 0 Å². The highest BCUT2D eigenvalue weighted by Gasteiger charge is 2.27. The first-order valence-electron chi connectivity index (χ1n) is 6.82. The summed E-state index contributed by atoms with van der Waals surface area (Å²) in [4.78, 5) is 0. The van der Waals surface area contributed by atoms with Crippen molar-refractivity contribution in [2.75, 3.05) is 19.3 Å². The van der Waals surface area contributed by atoms with Crippen LogP contribution in [0.4, 0.5) is 0 Å². The van der Waals surface area contributed by atoms with Crippen molar-refractivity contribution in [1.82, 2.24) is 4.31 Å². The maximum atomic E-state index is 11.6. The second-order valence-corrected chi connectivity index (χ2v) is 7.95. The van der Waals surface area contributed by atoms with Crippen LogP contribution >= 0.6 is 11.6 Å². The largest absolute Gasteiger partial charge is 0.324 e. The molecule has 1 aromatic carbocycles. The Labute approximate surface area is 126 Å². The van der Waals surface area contributed by atoms with Crippen LogP contribution in [0.3, 0.4) is 0 Å². The Morgan fingerprint density at radius 1 is 1.50 bits per heavy atom. The summed E-state index contributed by atoms with van der Waals surface area (Å²) in [5.74, 6) is 0.312. The summed E-state index contributed by atoms with van der Waals surface area (Å²) < 4.78 is 24.8. The molecule has 20 heavy (non-hydrogen) atoms. The molecule has 0 aliphatic carbocycles. The number of nitrogens with two attached hydrogens (primary N) is 1. The molecule has 2 unspecified atom stereocenters. The Morgan fingerprint density at radius 2 is 2.25 bits per heavy atom. The normalized spacial score (nSPS) is 22.6. The Morgan fingerprint density at radius 3 is 2.90 bits per heavy atom. The predicted octanol–water partition coefficient (Wildman–Crippen LogP) is 2.40. The van der Waals surface area contributed by atoms with Gasteiger partial charge in [-0.3, -0.25) is 0 Å². The van der Waals surface area contributed by atoms with E-state index in [0.29, 0.717) is 24.0 Å². The second-order valence-electron chi connectivity index (χ2n) is 5.53. The molecule has 0 saturated carbocycles. The number of halogens is 1. The molecule has 0 amide bonds. The van der Waals surface area contributed by atoms with Crippen molar-refractivity contribution in [3.8, 4) is 0 Å². The fraction of sp³-hybridized carbons (Fsp3) is 0.571. The van der Waals surface area contributed by atoms with Gasteiger partial charge in [0.05, 0.1) is 6.26 Å². The van der Waals surface area contributed by atoms with Gasteiger partial charge in [0.15, 0.2) is 0 Å². The van der Waals surface area contributed by atoms with Crippen LogP contribution in [0.1, 0.15) is 30.9 Å². The number of sulfonamides is 1. The molecule has 2 atom stereocenters. The van der Waals surface area contributed by atoms with Crippen molar-refractivity contribution in [2.24, 2.45) is 11.7 Å². The standard InChI is InChI=1S/C14H21ClN2O2S/c1-20(18,19)17-7-3-4-11(10-17)8-14(16)12-5-2-6-13(15)9-12/h2,5-6,9,11,14H,3-4,7-8,10,16H2,1H3. The molecule has 4 nitrogen and oxygen atoms in total. The average molecular weight is 317 g/mol. The lowest BCUT2D eigenvalue weighted by Gasteiger charge is -2.32. The SMILES string of the molecule is CS(=O)(=O)N1CCCC(CC(N)c2cccc(Cl)c2)C1. The molecule has 2 N–H and O–H groups in total. The van der Waals surface area contributed by atoms with Crippen LogP contribution in [0.2, 0.25) is 5.02 Å². The van der Waals surface area contributed by atoms with Crippen LogP contribution in [-0.4, -0.2) is 32.1 Å². The number of hydrogen-bond donors (Lipinski definition) is 1. The third kappa shape index (κ3) is 4.19. The Kier molecular flexibility index (Phi) is 5.07. The van der Waals surface area contributed by atoms with Gasteiger partial charge < -0.3 is 5.73 Å². The van der Waals surface area contributed by atoms with E-state index in [1.54, 1.807) is 4.31 Å². The lowest BCUT2D eigenvalue weighted by molar-refractivity contribution is 0.247. The van der Waals surface area contributed by atoms with E-state index in [-0.39, 0.29) is 6.04 Å². The van der Waals surface area contributed by atoms with Gasteiger partial charge in [-0.25, -0.2) is 12.7 Å². The van der Waals surface area contributed by atoms with E-state index >= 15 is 0 Å². The molecule has 0 bridgehead atoms. The summed E-state index contributed by atoms with van der Waals surface area (Å²) in [5, 5.41) is 0.680. The lowest BCUT2D eigenvalue weighted by atomic mass is 9.90. The molecule has 0 radical (unpaired) electrons. The summed E-state index contributed by atoms with van der Waals surface area (Å²) in [6.07, 6.45) is 3.99. The van der Waals surface area contributed by atoms with Gasteiger partial charge in [-0.1, -0.05) is 23.7 Å². The molecule has 1 heterocycles. The van der Waals surface area contributed by atoms with Gasteiger partial charge in [0.1, 0.15) is 0 Å². The summed E-state index contributed by atoms with van der Waals surface area (Å²) in [5.41, 5.74) is 7.23. The van der Waals surface area contributed by atoms with Crippen LogP contribution in [-0.2, 0) is 10.0 Å². The second kappa shape index (κ2) is 6.43. The van der Waals surface area contributed by atoms with Gasteiger partial charge in [0.2, 0.25) is 10.0 Å². The Hall–Kier alpha value is -0.620. The fourth-order valence-electron chi connectivity index (χ4n) is 2.75. The number of hydrogen-bond acceptors (Lipinski definition) is 3. The molecule has 6 heteroatoms. The summed E-state index contributed by atoms with van der Waals surface area (Å²) in [6, 6.07) is 7.46. The number of benzene rings is 1. The van der Waals surface area contributed by atoms with E-state index in [4.69, 9.17) is 17.3 Å². The molecular formula is C14H21ClN2O2S.